The second-order valence-corrected chi connectivity index (χ2v) is 4.41. The Morgan fingerprint density at radius 1 is 1.21 bits per heavy atom. The molecule has 2 nitrogen and oxygen atoms in total. The Labute approximate surface area is 111 Å². The van der Waals surface area contributed by atoms with Crippen molar-refractivity contribution in [3.05, 3.63) is 65.0 Å². The smallest absolute Gasteiger partial charge is 0.160 e. The van der Waals surface area contributed by atoms with Gasteiger partial charge in [-0.15, -0.1) is 0 Å². The van der Waals surface area contributed by atoms with Crippen molar-refractivity contribution < 1.29 is 13.9 Å². The van der Waals surface area contributed by atoms with Crippen LogP contribution >= 0.6 is 0 Å². The Hall–Kier alpha value is -2.16. The molecule has 0 saturated heterocycles. The van der Waals surface area contributed by atoms with Crippen molar-refractivity contribution in [2.24, 2.45) is 0 Å². The first kappa shape index (κ1) is 13.3. The van der Waals surface area contributed by atoms with Crippen molar-refractivity contribution in [2.45, 2.75) is 20.5 Å². The molecule has 0 aromatic heterocycles. The van der Waals surface area contributed by atoms with Gasteiger partial charge in [-0.1, -0.05) is 18.2 Å². The van der Waals surface area contributed by atoms with Gasteiger partial charge in [0.25, 0.3) is 0 Å². The van der Waals surface area contributed by atoms with Gasteiger partial charge < -0.3 is 4.74 Å². The van der Waals surface area contributed by atoms with Gasteiger partial charge in [0.2, 0.25) is 0 Å². The summed E-state index contributed by atoms with van der Waals surface area (Å²) in [6.45, 7) is 3.56. The molecule has 0 atom stereocenters. The van der Waals surface area contributed by atoms with Gasteiger partial charge in [0.15, 0.2) is 5.78 Å². The summed E-state index contributed by atoms with van der Waals surface area (Å²) in [6, 6.07) is 11.8. The molecular weight excluding hydrogens is 243 g/mol. The maximum Gasteiger partial charge on any atom is 0.160 e. The van der Waals surface area contributed by atoms with E-state index in [1.54, 1.807) is 36.4 Å². The first-order valence-electron chi connectivity index (χ1n) is 6.05. The zero-order valence-corrected chi connectivity index (χ0v) is 10.9. The maximum absolute atomic E-state index is 13.4. The molecule has 0 radical (unpaired) electrons. The van der Waals surface area contributed by atoms with Crippen LogP contribution in [0.4, 0.5) is 4.39 Å². The van der Waals surface area contributed by atoms with Crippen molar-refractivity contribution in [3.63, 3.8) is 0 Å². The molecule has 19 heavy (non-hydrogen) atoms. The molecule has 0 heterocycles. The van der Waals surface area contributed by atoms with Crippen LogP contribution in [0.2, 0.25) is 0 Å². The number of carbonyl (C=O) groups is 1. The lowest BCUT2D eigenvalue weighted by atomic mass is 10.1. The minimum Gasteiger partial charge on any atom is -0.489 e. The molecule has 98 valence electrons. The zero-order chi connectivity index (χ0) is 13.8. The quantitative estimate of drug-likeness (QED) is 0.777. The Balaban J connectivity index is 2.11. The number of ether oxygens (including phenoxy) is 1. The summed E-state index contributed by atoms with van der Waals surface area (Å²) >= 11 is 0. The third-order valence-electron chi connectivity index (χ3n) is 2.93. The molecule has 0 fully saturated rings. The number of aryl methyl sites for hydroxylation is 1. The van der Waals surface area contributed by atoms with Crippen LogP contribution in [0.1, 0.15) is 28.4 Å². The van der Waals surface area contributed by atoms with Gasteiger partial charge in [-0.25, -0.2) is 4.39 Å². The number of benzene rings is 2. The second kappa shape index (κ2) is 5.65. The molecule has 2 aromatic carbocycles. The molecule has 3 heteroatoms. The summed E-state index contributed by atoms with van der Waals surface area (Å²) < 4.78 is 19.0. The summed E-state index contributed by atoms with van der Waals surface area (Å²) in [6.07, 6.45) is 0. The van der Waals surface area contributed by atoms with Gasteiger partial charge in [-0.3, -0.25) is 4.79 Å². The van der Waals surface area contributed by atoms with E-state index in [0.29, 0.717) is 16.9 Å². The SMILES string of the molecule is CC(=O)c1ccc(OCc2ccccc2F)cc1C. The van der Waals surface area contributed by atoms with E-state index < -0.39 is 0 Å². The van der Waals surface area contributed by atoms with Crippen molar-refractivity contribution in [1.29, 1.82) is 0 Å². The molecule has 0 spiro atoms. The van der Waals surface area contributed by atoms with Crippen molar-refractivity contribution in [2.75, 3.05) is 0 Å². The third-order valence-corrected chi connectivity index (χ3v) is 2.93. The highest BCUT2D eigenvalue weighted by molar-refractivity contribution is 5.95. The standard InChI is InChI=1S/C16H15FO2/c1-11-9-14(7-8-15(11)12(2)18)19-10-13-5-3-4-6-16(13)17/h3-9H,10H2,1-2H3. The molecule has 0 amide bonds. The van der Waals surface area contributed by atoms with Gasteiger partial charge in [-0.2, -0.15) is 0 Å². The van der Waals surface area contributed by atoms with Gasteiger partial charge in [0, 0.05) is 11.1 Å². The van der Waals surface area contributed by atoms with E-state index in [1.807, 2.05) is 6.92 Å². The average Bonchev–Trinajstić information content (AvgIpc) is 2.37. The van der Waals surface area contributed by atoms with E-state index >= 15 is 0 Å². The number of carbonyl (C=O) groups excluding carboxylic acids is 1. The molecule has 2 rings (SSSR count). The largest absolute Gasteiger partial charge is 0.489 e. The minimum absolute atomic E-state index is 0.0261. The fourth-order valence-electron chi connectivity index (χ4n) is 1.90. The fourth-order valence-corrected chi connectivity index (χ4v) is 1.90. The molecule has 0 unspecified atom stereocenters. The van der Waals surface area contributed by atoms with Crippen LogP contribution in [0.3, 0.4) is 0 Å². The highest BCUT2D eigenvalue weighted by Crippen LogP contribution is 2.19. The molecule has 0 aliphatic carbocycles. The Morgan fingerprint density at radius 2 is 1.95 bits per heavy atom. The van der Waals surface area contributed by atoms with E-state index in [1.165, 1.54) is 13.0 Å². The van der Waals surface area contributed by atoms with Crippen LogP contribution in [-0.4, -0.2) is 5.78 Å². The Morgan fingerprint density at radius 3 is 2.58 bits per heavy atom. The number of hydrogen-bond donors (Lipinski definition) is 0. The second-order valence-electron chi connectivity index (χ2n) is 4.41. The highest BCUT2D eigenvalue weighted by atomic mass is 19.1. The van der Waals surface area contributed by atoms with Crippen LogP contribution in [0.5, 0.6) is 5.75 Å². The normalized spacial score (nSPS) is 10.3. The monoisotopic (exact) mass is 258 g/mol. The molecule has 0 bridgehead atoms. The summed E-state index contributed by atoms with van der Waals surface area (Å²) in [5.74, 6) is 0.378. The van der Waals surface area contributed by atoms with Gasteiger partial charge >= 0.3 is 0 Å². The van der Waals surface area contributed by atoms with Crippen LogP contribution in [0.25, 0.3) is 0 Å². The van der Waals surface area contributed by atoms with Crippen LogP contribution in [0, 0.1) is 12.7 Å². The van der Waals surface area contributed by atoms with E-state index in [4.69, 9.17) is 4.74 Å². The van der Waals surface area contributed by atoms with E-state index in [2.05, 4.69) is 0 Å². The molecule has 0 N–H and O–H groups in total. The topological polar surface area (TPSA) is 26.3 Å². The summed E-state index contributed by atoms with van der Waals surface area (Å²) in [4.78, 5) is 11.3. The van der Waals surface area contributed by atoms with Crippen molar-refractivity contribution in [1.82, 2.24) is 0 Å². The van der Waals surface area contributed by atoms with Crippen molar-refractivity contribution >= 4 is 5.78 Å². The summed E-state index contributed by atoms with van der Waals surface area (Å²) in [7, 11) is 0. The zero-order valence-electron chi connectivity index (χ0n) is 10.9. The lowest BCUT2D eigenvalue weighted by molar-refractivity contribution is 0.101. The minimum atomic E-state index is -0.278. The van der Waals surface area contributed by atoms with Crippen LogP contribution in [-0.2, 0) is 6.61 Å². The van der Waals surface area contributed by atoms with Gasteiger partial charge in [-0.05, 0) is 43.7 Å². The number of ketones is 1. The molecule has 0 aliphatic heterocycles. The Bertz CT molecular complexity index is 605. The summed E-state index contributed by atoms with van der Waals surface area (Å²) in [5.41, 5.74) is 2.05. The summed E-state index contributed by atoms with van der Waals surface area (Å²) in [5, 5.41) is 0. The predicted octanol–water partition coefficient (Wildman–Crippen LogP) is 3.92. The Kier molecular flexibility index (Phi) is 3.95. The van der Waals surface area contributed by atoms with Crippen LogP contribution in [0.15, 0.2) is 42.5 Å². The van der Waals surface area contributed by atoms with E-state index in [9.17, 15) is 9.18 Å². The lowest BCUT2D eigenvalue weighted by Crippen LogP contribution is -2.00. The fraction of sp³-hybridized carbons (Fsp3) is 0.188. The number of hydrogen-bond acceptors (Lipinski definition) is 2. The van der Waals surface area contributed by atoms with E-state index in [0.717, 1.165) is 5.56 Å². The van der Waals surface area contributed by atoms with E-state index in [-0.39, 0.29) is 18.2 Å². The van der Waals surface area contributed by atoms with Gasteiger partial charge in [0.05, 0.1) is 0 Å². The average molecular weight is 258 g/mol. The number of rotatable bonds is 4. The molecule has 0 aliphatic rings. The predicted molar refractivity (Wildman–Crippen MR) is 71.9 cm³/mol. The molecule has 0 saturated carbocycles. The first-order valence-corrected chi connectivity index (χ1v) is 6.05. The molecular formula is C16H15FO2. The van der Waals surface area contributed by atoms with Gasteiger partial charge in [0.1, 0.15) is 18.2 Å². The number of halogens is 1. The molecule has 2 aromatic rings. The van der Waals surface area contributed by atoms with Crippen molar-refractivity contribution in [3.8, 4) is 5.75 Å². The third kappa shape index (κ3) is 3.19. The number of Topliss-reactive ketones (excluding diaryl/α,β-unsaturated/α-hetero) is 1. The first-order chi connectivity index (χ1) is 9.08. The maximum atomic E-state index is 13.4. The highest BCUT2D eigenvalue weighted by Gasteiger charge is 2.06. The lowest BCUT2D eigenvalue weighted by Gasteiger charge is -2.09. The van der Waals surface area contributed by atoms with Crippen LogP contribution < -0.4 is 4.74 Å².